The molecule has 0 spiro atoms. The van der Waals surface area contributed by atoms with E-state index in [0.717, 1.165) is 12.2 Å². The first-order valence-electron chi connectivity index (χ1n) is 7.46. The van der Waals surface area contributed by atoms with Gasteiger partial charge < -0.3 is 5.32 Å². The van der Waals surface area contributed by atoms with Crippen molar-refractivity contribution in [3.63, 3.8) is 0 Å². The Balaban J connectivity index is 2.25. The van der Waals surface area contributed by atoms with Gasteiger partial charge in [0.05, 0.1) is 11.9 Å². The number of benzene rings is 1. The van der Waals surface area contributed by atoms with Crippen LogP contribution in [0.5, 0.6) is 0 Å². The molecule has 20 heavy (non-hydrogen) atoms. The van der Waals surface area contributed by atoms with Crippen LogP contribution in [0.4, 0.5) is 0 Å². The van der Waals surface area contributed by atoms with Crippen molar-refractivity contribution in [3.05, 3.63) is 48.3 Å². The minimum Gasteiger partial charge on any atom is -0.310 e. The van der Waals surface area contributed by atoms with E-state index >= 15 is 0 Å². The topological polar surface area (TPSA) is 29.9 Å². The molecule has 1 aromatic carbocycles. The van der Waals surface area contributed by atoms with Crippen molar-refractivity contribution >= 4 is 0 Å². The molecule has 0 radical (unpaired) electrons. The van der Waals surface area contributed by atoms with Crippen LogP contribution in [0.25, 0.3) is 5.69 Å². The second kappa shape index (κ2) is 6.71. The van der Waals surface area contributed by atoms with Crippen LogP contribution < -0.4 is 5.32 Å². The van der Waals surface area contributed by atoms with Crippen LogP contribution >= 0.6 is 0 Å². The van der Waals surface area contributed by atoms with Gasteiger partial charge in [-0.2, -0.15) is 5.10 Å². The maximum absolute atomic E-state index is 4.51. The van der Waals surface area contributed by atoms with Gasteiger partial charge in [0, 0.05) is 17.8 Å². The van der Waals surface area contributed by atoms with Crippen LogP contribution in [0.15, 0.2) is 42.7 Å². The zero-order valence-corrected chi connectivity index (χ0v) is 12.9. The molecule has 2 rings (SSSR count). The summed E-state index contributed by atoms with van der Waals surface area (Å²) in [5.41, 5.74) is 2.36. The third kappa shape index (κ3) is 3.28. The SMILES string of the molecule is CCNC(c1cnn(-c2ccccc2)c1)C(C)C(C)C. The Morgan fingerprint density at radius 1 is 1.15 bits per heavy atom. The molecule has 0 aliphatic carbocycles. The standard InChI is InChI=1S/C17H25N3/c1-5-18-17(14(4)13(2)3)15-11-19-20(12-15)16-9-7-6-8-10-16/h6-14,17-18H,5H2,1-4H3. The lowest BCUT2D eigenvalue weighted by atomic mass is 9.87. The average molecular weight is 271 g/mol. The number of nitrogens with zero attached hydrogens (tertiary/aromatic N) is 2. The summed E-state index contributed by atoms with van der Waals surface area (Å²) in [4.78, 5) is 0. The van der Waals surface area contributed by atoms with Gasteiger partial charge in [0.1, 0.15) is 0 Å². The zero-order valence-electron chi connectivity index (χ0n) is 12.9. The molecule has 1 aromatic heterocycles. The summed E-state index contributed by atoms with van der Waals surface area (Å²) < 4.78 is 1.95. The highest BCUT2D eigenvalue weighted by Gasteiger charge is 2.22. The Morgan fingerprint density at radius 2 is 1.85 bits per heavy atom. The molecule has 0 fully saturated rings. The number of para-hydroxylation sites is 1. The van der Waals surface area contributed by atoms with Gasteiger partial charge in [-0.25, -0.2) is 4.68 Å². The molecule has 2 unspecified atom stereocenters. The number of nitrogens with one attached hydrogen (secondary N) is 1. The summed E-state index contributed by atoms with van der Waals surface area (Å²) in [6, 6.07) is 10.6. The normalized spacial score (nSPS) is 14.4. The lowest BCUT2D eigenvalue weighted by Gasteiger charge is -2.26. The van der Waals surface area contributed by atoms with E-state index in [1.165, 1.54) is 5.56 Å². The number of rotatable bonds is 6. The molecule has 0 aliphatic heterocycles. The summed E-state index contributed by atoms with van der Waals surface area (Å²) in [5.74, 6) is 1.21. The van der Waals surface area contributed by atoms with Crippen molar-refractivity contribution in [1.82, 2.24) is 15.1 Å². The average Bonchev–Trinajstić information content (AvgIpc) is 2.94. The molecule has 3 heteroatoms. The molecule has 1 N–H and O–H groups in total. The molecule has 1 heterocycles. The van der Waals surface area contributed by atoms with Crippen molar-refractivity contribution in [3.8, 4) is 5.69 Å². The van der Waals surface area contributed by atoms with E-state index in [9.17, 15) is 0 Å². The minimum atomic E-state index is 0.359. The van der Waals surface area contributed by atoms with E-state index in [4.69, 9.17) is 0 Å². The van der Waals surface area contributed by atoms with Gasteiger partial charge in [-0.3, -0.25) is 0 Å². The first-order valence-corrected chi connectivity index (χ1v) is 7.46. The zero-order chi connectivity index (χ0) is 14.5. The summed E-state index contributed by atoms with van der Waals surface area (Å²) in [7, 11) is 0. The van der Waals surface area contributed by atoms with E-state index in [1.54, 1.807) is 0 Å². The number of hydrogen-bond donors (Lipinski definition) is 1. The molecule has 108 valence electrons. The largest absolute Gasteiger partial charge is 0.310 e. The third-order valence-corrected chi connectivity index (χ3v) is 3.98. The van der Waals surface area contributed by atoms with Gasteiger partial charge >= 0.3 is 0 Å². The van der Waals surface area contributed by atoms with Crippen molar-refractivity contribution in [2.45, 2.75) is 33.7 Å². The van der Waals surface area contributed by atoms with Crippen LogP contribution in [0, 0.1) is 11.8 Å². The Hall–Kier alpha value is -1.61. The first-order chi connectivity index (χ1) is 9.63. The fraction of sp³-hybridized carbons (Fsp3) is 0.471. The molecule has 0 saturated carbocycles. The third-order valence-electron chi connectivity index (χ3n) is 3.98. The van der Waals surface area contributed by atoms with Crippen LogP contribution in [-0.2, 0) is 0 Å². The predicted octanol–water partition coefficient (Wildman–Crippen LogP) is 3.82. The fourth-order valence-corrected chi connectivity index (χ4v) is 2.43. The van der Waals surface area contributed by atoms with Gasteiger partial charge in [-0.05, 0) is 30.5 Å². The molecule has 2 aromatic rings. The number of hydrogen-bond acceptors (Lipinski definition) is 2. The predicted molar refractivity (Wildman–Crippen MR) is 84.0 cm³/mol. The van der Waals surface area contributed by atoms with E-state index in [2.05, 4.69) is 56.4 Å². The molecule has 0 bridgehead atoms. The Morgan fingerprint density at radius 3 is 2.45 bits per heavy atom. The van der Waals surface area contributed by atoms with Crippen LogP contribution in [0.1, 0.15) is 39.3 Å². The van der Waals surface area contributed by atoms with E-state index < -0.39 is 0 Å². The van der Waals surface area contributed by atoms with Crippen molar-refractivity contribution in [2.75, 3.05) is 6.54 Å². The van der Waals surface area contributed by atoms with E-state index in [1.807, 2.05) is 29.1 Å². The van der Waals surface area contributed by atoms with Crippen molar-refractivity contribution in [1.29, 1.82) is 0 Å². The molecular weight excluding hydrogens is 246 g/mol. The van der Waals surface area contributed by atoms with E-state index in [-0.39, 0.29) is 0 Å². The van der Waals surface area contributed by atoms with Crippen LogP contribution in [0.2, 0.25) is 0 Å². The number of aromatic nitrogens is 2. The fourth-order valence-electron chi connectivity index (χ4n) is 2.43. The summed E-state index contributed by atoms with van der Waals surface area (Å²) in [6.07, 6.45) is 4.13. The lowest BCUT2D eigenvalue weighted by molar-refractivity contribution is 0.307. The molecule has 0 saturated heterocycles. The highest BCUT2D eigenvalue weighted by Crippen LogP contribution is 2.27. The second-order valence-electron chi connectivity index (χ2n) is 5.69. The minimum absolute atomic E-state index is 0.359. The van der Waals surface area contributed by atoms with Gasteiger partial charge in [0.15, 0.2) is 0 Å². The Bertz CT molecular complexity index is 516. The van der Waals surface area contributed by atoms with Gasteiger partial charge in [-0.15, -0.1) is 0 Å². The monoisotopic (exact) mass is 271 g/mol. The highest BCUT2D eigenvalue weighted by atomic mass is 15.3. The summed E-state index contributed by atoms with van der Waals surface area (Å²) in [6.45, 7) is 9.98. The van der Waals surface area contributed by atoms with Crippen LogP contribution in [-0.4, -0.2) is 16.3 Å². The van der Waals surface area contributed by atoms with Gasteiger partial charge in [0.2, 0.25) is 0 Å². The smallest absolute Gasteiger partial charge is 0.0645 e. The van der Waals surface area contributed by atoms with E-state index in [0.29, 0.717) is 17.9 Å². The summed E-state index contributed by atoms with van der Waals surface area (Å²) in [5, 5.41) is 8.10. The maximum Gasteiger partial charge on any atom is 0.0645 e. The van der Waals surface area contributed by atoms with Crippen molar-refractivity contribution in [2.24, 2.45) is 11.8 Å². The van der Waals surface area contributed by atoms with Crippen LogP contribution in [0.3, 0.4) is 0 Å². The Labute approximate surface area is 122 Å². The molecule has 0 aliphatic rings. The summed E-state index contributed by atoms with van der Waals surface area (Å²) >= 11 is 0. The molecular formula is C17H25N3. The highest BCUT2D eigenvalue weighted by molar-refractivity contribution is 5.31. The first kappa shape index (κ1) is 14.8. The molecule has 2 atom stereocenters. The maximum atomic E-state index is 4.51. The van der Waals surface area contributed by atoms with Gasteiger partial charge in [0.25, 0.3) is 0 Å². The quantitative estimate of drug-likeness (QED) is 0.865. The molecule has 0 amide bonds. The van der Waals surface area contributed by atoms with Crippen molar-refractivity contribution < 1.29 is 0 Å². The Kier molecular flexibility index (Phi) is 4.96. The molecule has 3 nitrogen and oxygen atoms in total. The lowest BCUT2D eigenvalue weighted by Crippen LogP contribution is -2.29. The second-order valence-corrected chi connectivity index (χ2v) is 5.69. The van der Waals surface area contributed by atoms with Gasteiger partial charge in [-0.1, -0.05) is 45.9 Å².